The minimum atomic E-state index is -1.44. The summed E-state index contributed by atoms with van der Waals surface area (Å²) in [4.78, 5) is 34.1. The maximum atomic E-state index is 14.5. The van der Waals surface area contributed by atoms with Crippen LogP contribution in [-0.2, 0) is 6.42 Å². The first-order valence-corrected chi connectivity index (χ1v) is 9.65. The number of anilines is 2. The Morgan fingerprint density at radius 1 is 1.30 bits per heavy atom. The number of halogens is 1. The molecule has 3 heterocycles. The minimum absolute atomic E-state index is 0.207. The van der Waals surface area contributed by atoms with E-state index in [9.17, 15) is 14.0 Å². The summed E-state index contributed by atoms with van der Waals surface area (Å²) in [6, 6.07) is 5.30. The molecule has 0 spiro atoms. The molecule has 1 fully saturated rings. The molecule has 2 aliphatic rings. The number of benzene rings is 1. The number of carbonyl (C=O) groups excluding carboxylic acids is 1. The zero-order valence-corrected chi connectivity index (χ0v) is 16.4. The molecular weight excluding hydrogens is 393 g/mol. The number of alkyl halides is 1. The molecule has 2 amide bonds. The average molecular weight is 415 g/mol. The number of fused-ring (bicyclic) bond motifs is 1. The summed E-state index contributed by atoms with van der Waals surface area (Å²) >= 11 is 0. The summed E-state index contributed by atoms with van der Waals surface area (Å²) < 4.78 is 20.3. The van der Waals surface area contributed by atoms with Crippen molar-refractivity contribution in [3.05, 3.63) is 41.2 Å². The number of ether oxygens (including phenoxy) is 1. The van der Waals surface area contributed by atoms with Crippen molar-refractivity contribution in [1.29, 1.82) is 0 Å². The van der Waals surface area contributed by atoms with E-state index in [1.54, 1.807) is 19.1 Å². The Balaban J connectivity index is 1.55. The van der Waals surface area contributed by atoms with Gasteiger partial charge >= 0.3 is 6.09 Å². The lowest BCUT2D eigenvalue weighted by molar-refractivity contribution is 0.0222. The van der Waals surface area contributed by atoms with Crippen molar-refractivity contribution in [3.8, 4) is 5.88 Å². The Morgan fingerprint density at radius 2 is 2.10 bits per heavy atom. The van der Waals surface area contributed by atoms with Crippen LogP contribution in [0.3, 0.4) is 0 Å². The highest BCUT2D eigenvalue weighted by molar-refractivity contribution is 5.94. The number of piperidine rings is 1. The predicted molar refractivity (Wildman–Crippen MR) is 106 cm³/mol. The lowest BCUT2D eigenvalue weighted by Crippen LogP contribution is -2.48. The monoisotopic (exact) mass is 415 g/mol. The first-order valence-electron chi connectivity index (χ1n) is 9.65. The van der Waals surface area contributed by atoms with E-state index in [1.165, 1.54) is 6.33 Å². The molecule has 1 aromatic heterocycles. The molecule has 2 unspecified atom stereocenters. The van der Waals surface area contributed by atoms with Gasteiger partial charge in [-0.1, -0.05) is 0 Å². The van der Waals surface area contributed by atoms with Crippen molar-refractivity contribution in [2.24, 2.45) is 5.73 Å². The van der Waals surface area contributed by atoms with E-state index in [2.05, 4.69) is 9.97 Å². The first kappa shape index (κ1) is 19.9. The standard InChI is InChI=1S/C20H22FN5O4/c1-11-18(26-7-4-12-8-13(17(22)27)2-3-15(12)26)23-10-24-19(11)30-16-5-6-25(20(28)29)9-14(16)21/h2-3,8,10,14,16H,4-7,9H2,1H3,(H2,22,27)(H,28,29). The van der Waals surface area contributed by atoms with Crippen LogP contribution in [0.25, 0.3) is 0 Å². The SMILES string of the molecule is Cc1c(OC2CCN(C(=O)O)CC2F)ncnc1N1CCc2cc(C(N)=O)ccc21. The second-order valence-corrected chi connectivity index (χ2v) is 7.43. The van der Waals surface area contributed by atoms with Crippen LogP contribution in [0.4, 0.5) is 20.7 Å². The lowest BCUT2D eigenvalue weighted by atomic mass is 10.1. The van der Waals surface area contributed by atoms with Gasteiger partial charge in [-0.3, -0.25) is 4.79 Å². The average Bonchev–Trinajstić information content (AvgIpc) is 3.13. The van der Waals surface area contributed by atoms with Crippen LogP contribution in [0, 0.1) is 6.92 Å². The lowest BCUT2D eigenvalue weighted by Gasteiger charge is -2.33. The molecule has 1 aromatic carbocycles. The number of carbonyl (C=O) groups is 2. The highest BCUT2D eigenvalue weighted by Crippen LogP contribution is 2.37. The summed E-state index contributed by atoms with van der Waals surface area (Å²) in [6.07, 6.45) is -1.000. The number of nitrogens with zero attached hydrogens (tertiary/aromatic N) is 4. The van der Waals surface area contributed by atoms with Crippen LogP contribution in [0.15, 0.2) is 24.5 Å². The summed E-state index contributed by atoms with van der Waals surface area (Å²) in [5.41, 5.74) is 8.41. The topological polar surface area (TPSA) is 122 Å². The fourth-order valence-electron chi connectivity index (χ4n) is 3.92. The Morgan fingerprint density at radius 3 is 2.80 bits per heavy atom. The Hall–Kier alpha value is -3.43. The number of rotatable bonds is 4. The molecule has 3 N–H and O–H groups in total. The normalized spacial score (nSPS) is 20.7. The number of nitrogens with two attached hydrogens (primary N) is 1. The molecule has 158 valence electrons. The van der Waals surface area contributed by atoms with E-state index in [4.69, 9.17) is 15.6 Å². The van der Waals surface area contributed by atoms with Crippen molar-refractivity contribution >= 4 is 23.5 Å². The highest BCUT2D eigenvalue weighted by Gasteiger charge is 2.34. The van der Waals surface area contributed by atoms with Gasteiger partial charge in [-0.15, -0.1) is 0 Å². The predicted octanol–water partition coefficient (Wildman–Crippen LogP) is 2.05. The third-order valence-electron chi connectivity index (χ3n) is 5.54. The molecular formula is C20H22FN5O4. The smallest absolute Gasteiger partial charge is 0.407 e. The van der Waals surface area contributed by atoms with Gasteiger partial charge in [0.25, 0.3) is 0 Å². The first-order chi connectivity index (χ1) is 14.3. The molecule has 30 heavy (non-hydrogen) atoms. The number of amides is 2. The quantitative estimate of drug-likeness (QED) is 0.784. The van der Waals surface area contributed by atoms with Gasteiger partial charge in [0.2, 0.25) is 11.8 Å². The highest BCUT2D eigenvalue weighted by atomic mass is 19.1. The maximum absolute atomic E-state index is 14.5. The number of hydrogen-bond donors (Lipinski definition) is 2. The number of carboxylic acid groups (broad SMARTS) is 1. The van der Waals surface area contributed by atoms with E-state index in [0.717, 1.165) is 22.6 Å². The fraction of sp³-hybridized carbons (Fsp3) is 0.400. The molecule has 4 rings (SSSR count). The van der Waals surface area contributed by atoms with Crippen molar-refractivity contribution in [2.45, 2.75) is 32.0 Å². The third-order valence-corrected chi connectivity index (χ3v) is 5.54. The Bertz CT molecular complexity index is 1000. The third kappa shape index (κ3) is 3.60. The van der Waals surface area contributed by atoms with Crippen LogP contribution < -0.4 is 15.4 Å². The van der Waals surface area contributed by atoms with Crippen LogP contribution >= 0.6 is 0 Å². The zero-order valence-electron chi connectivity index (χ0n) is 16.4. The molecule has 0 radical (unpaired) electrons. The van der Waals surface area contributed by atoms with Gasteiger partial charge in [-0.05, 0) is 37.1 Å². The summed E-state index contributed by atoms with van der Waals surface area (Å²) in [6.45, 7) is 2.45. The van der Waals surface area contributed by atoms with Gasteiger partial charge in [0, 0.05) is 30.8 Å². The molecule has 1 saturated heterocycles. The van der Waals surface area contributed by atoms with E-state index < -0.39 is 24.3 Å². The second-order valence-electron chi connectivity index (χ2n) is 7.43. The van der Waals surface area contributed by atoms with E-state index in [-0.39, 0.29) is 25.4 Å². The number of hydrogen-bond acceptors (Lipinski definition) is 6. The Labute approximate surface area is 172 Å². The van der Waals surface area contributed by atoms with Gasteiger partial charge in [0.05, 0.1) is 12.1 Å². The minimum Gasteiger partial charge on any atom is -0.471 e. The van der Waals surface area contributed by atoms with Crippen molar-refractivity contribution in [3.63, 3.8) is 0 Å². The second kappa shape index (κ2) is 7.77. The fourth-order valence-corrected chi connectivity index (χ4v) is 3.92. The van der Waals surface area contributed by atoms with Gasteiger partial charge in [0.15, 0.2) is 6.17 Å². The molecule has 2 aliphatic heterocycles. The van der Waals surface area contributed by atoms with Crippen molar-refractivity contribution in [1.82, 2.24) is 14.9 Å². The molecule has 0 saturated carbocycles. The summed E-state index contributed by atoms with van der Waals surface area (Å²) in [5, 5.41) is 9.03. The summed E-state index contributed by atoms with van der Waals surface area (Å²) in [5.74, 6) is 0.447. The van der Waals surface area contributed by atoms with Crippen molar-refractivity contribution < 1.29 is 23.8 Å². The molecule has 9 nitrogen and oxygen atoms in total. The van der Waals surface area contributed by atoms with Gasteiger partial charge in [0.1, 0.15) is 18.2 Å². The van der Waals surface area contributed by atoms with Gasteiger partial charge < -0.3 is 25.4 Å². The molecule has 2 aromatic rings. The van der Waals surface area contributed by atoms with Crippen LogP contribution in [0.2, 0.25) is 0 Å². The Kier molecular flexibility index (Phi) is 5.15. The van der Waals surface area contributed by atoms with Gasteiger partial charge in [-0.25, -0.2) is 19.2 Å². The van der Waals surface area contributed by atoms with E-state index >= 15 is 0 Å². The van der Waals surface area contributed by atoms with Crippen LogP contribution in [0.5, 0.6) is 5.88 Å². The maximum Gasteiger partial charge on any atom is 0.407 e. The molecule has 0 bridgehead atoms. The van der Waals surface area contributed by atoms with Crippen molar-refractivity contribution in [2.75, 3.05) is 24.5 Å². The van der Waals surface area contributed by atoms with E-state index in [1.807, 2.05) is 11.0 Å². The number of likely N-dealkylation sites (tertiary alicyclic amines) is 1. The van der Waals surface area contributed by atoms with Crippen LogP contribution in [-0.4, -0.2) is 63.9 Å². The number of aromatic nitrogens is 2. The molecule has 10 heteroatoms. The van der Waals surface area contributed by atoms with Gasteiger partial charge in [-0.2, -0.15) is 0 Å². The van der Waals surface area contributed by atoms with Crippen LogP contribution in [0.1, 0.15) is 27.9 Å². The molecule has 0 aliphatic carbocycles. The zero-order chi connectivity index (χ0) is 21.4. The number of primary amides is 1. The summed E-state index contributed by atoms with van der Waals surface area (Å²) in [7, 11) is 0. The largest absolute Gasteiger partial charge is 0.471 e. The van der Waals surface area contributed by atoms with E-state index in [0.29, 0.717) is 23.5 Å². The molecule has 2 atom stereocenters.